The third-order valence-corrected chi connectivity index (χ3v) is 2.58. The fourth-order valence-electron chi connectivity index (χ4n) is 1.77. The van der Waals surface area contributed by atoms with Crippen molar-refractivity contribution in [1.82, 2.24) is 14.9 Å². The lowest BCUT2D eigenvalue weighted by Crippen LogP contribution is -2.13. The van der Waals surface area contributed by atoms with E-state index in [9.17, 15) is 0 Å². The molecule has 0 saturated carbocycles. The van der Waals surface area contributed by atoms with Crippen LogP contribution in [0.2, 0.25) is 0 Å². The van der Waals surface area contributed by atoms with E-state index in [1.54, 1.807) is 4.68 Å². The van der Waals surface area contributed by atoms with Crippen LogP contribution in [-0.4, -0.2) is 14.9 Å². The fraction of sp³-hybridized carbons (Fsp3) is 0.500. The van der Waals surface area contributed by atoms with Gasteiger partial charge in [-0.05, 0) is 0 Å². The van der Waals surface area contributed by atoms with Crippen LogP contribution in [0.5, 0.6) is 0 Å². The fourth-order valence-corrected chi connectivity index (χ4v) is 1.77. The van der Waals surface area contributed by atoms with Gasteiger partial charge in [0, 0.05) is 30.3 Å². The molecule has 0 bridgehead atoms. The average molecular weight is 234 g/mol. The third kappa shape index (κ3) is 2.24. The Bertz CT molecular complexity index is 519. The van der Waals surface area contributed by atoms with Crippen molar-refractivity contribution < 1.29 is 4.52 Å². The number of hydrogen-bond acceptors (Lipinski definition) is 4. The van der Waals surface area contributed by atoms with Crippen LogP contribution in [0, 0.1) is 0 Å². The van der Waals surface area contributed by atoms with Gasteiger partial charge in [-0.25, -0.2) is 0 Å². The van der Waals surface area contributed by atoms with E-state index in [0.29, 0.717) is 12.3 Å². The van der Waals surface area contributed by atoms with E-state index >= 15 is 0 Å². The number of aromatic nitrogens is 3. The van der Waals surface area contributed by atoms with Gasteiger partial charge in [0.05, 0.1) is 12.2 Å². The highest BCUT2D eigenvalue weighted by atomic mass is 16.5. The molecule has 2 aromatic heterocycles. The highest BCUT2D eigenvalue weighted by molar-refractivity contribution is 5.62. The van der Waals surface area contributed by atoms with Gasteiger partial charge in [-0.15, -0.1) is 0 Å². The van der Waals surface area contributed by atoms with Gasteiger partial charge >= 0.3 is 0 Å². The topological polar surface area (TPSA) is 69.9 Å². The average Bonchev–Trinajstić information content (AvgIpc) is 2.81. The minimum absolute atomic E-state index is 0.0293. The van der Waals surface area contributed by atoms with E-state index in [-0.39, 0.29) is 5.41 Å². The standard InChI is InChI=1S/C12H18N4O/c1-12(2,3)11-9(7-16(4)14-11)10-5-8(6-13)17-15-10/h5,7H,6,13H2,1-4H3. The molecule has 0 fully saturated rings. The Morgan fingerprint density at radius 3 is 2.65 bits per heavy atom. The Morgan fingerprint density at radius 2 is 2.12 bits per heavy atom. The van der Waals surface area contributed by atoms with Gasteiger partial charge in [0.25, 0.3) is 0 Å². The van der Waals surface area contributed by atoms with Gasteiger partial charge in [-0.1, -0.05) is 25.9 Å². The zero-order valence-corrected chi connectivity index (χ0v) is 10.7. The predicted molar refractivity (Wildman–Crippen MR) is 65.3 cm³/mol. The maximum absolute atomic E-state index is 5.52. The van der Waals surface area contributed by atoms with Crippen LogP contribution >= 0.6 is 0 Å². The van der Waals surface area contributed by atoms with Crippen molar-refractivity contribution >= 4 is 0 Å². The molecule has 5 nitrogen and oxygen atoms in total. The summed E-state index contributed by atoms with van der Waals surface area (Å²) in [5.74, 6) is 0.684. The van der Waals surface area contributed by atoms with Crippen molar-refractivity contribution in [1.29, 1.82) is 0 Å². The summed E-state index contributed by atoms with van der Waals surface area (Å²) in [4.78, 5) is 0. The predicted octanol–water partition coefficient (Wildman–Crippen LogP) is 1.83. The second-order valence-electron chi connectivity index (χ2n) is 5.20. The minimum Gasteiger partial charge on any atom is -0.359 e. The highest BCUT2D eigenvalue weighted by Crippen LogP contribution is 2.31. The second kappa shape index (κ2) is 4.00. The summed E-state index contributed by atoms with van der Waals surface area (Å²) < 4.78 is 6.93. The Kier molecular flexibility index (Phi) is 2.79. The molecule has 2 aromatic rings. The molecule has 0 aliphatic rings. The summed E-state index contributed by atoms with van der Waals surface area (Å²) >= 11 is 0. The van der Waals surface area contributed by atoms with Gasteiger partial charge in [0.2, 0.25) is 0 Å². The number of nitrogens with zero attached hydrogens (tertiary/aromatic N) is 3. The van der Waals surface area contributed by atoms with E-state index in [1.165, 1.54) is 0 Å². The van der Waals surface area contributed by atoms with E-state index < -0.39 is 0 Å². The van der Waals surface area contributed by atoms with Gasteiger partial charge in [-0.2, -0.15) is 5.10 Å². The molecule has 0 saturated heterocycles. The molecule has 2 heterocycles. The number of hydrogen-bond donors (Lipinski definition) is 1. The molecular formula is C12H18N4O. The Labute approximate surface area is 101 Å². The zero-order chi connectivity index (χ0) is 12.6. The summed E-state index contributed by atoms with van der Waals surface area (Å²) in [6, 6.07) is 1.87. The summed E-state index contributed by atoms with van der Waals surface area (Å²) in [5, 5.41) is 8.53. The first kappa shape index (κ1) is 11.9. The van der Waals surface area contributed by atoms with Crippen LogP contribution in [0.15, 0.2) is 16.8 Å². The Balaban J connectivity index is 2.51. The molecule has 2 N–H and O–H groups in total. The second-order valence-corrected chi connectivity index (χ2v) is 5.20. The van der Waals surface area contributed by atoms with Crippen molar-refractivity contribution in [3.63, 3.8) is 0 Å². The summed E-state index contributed by atoms with van der Waals surface area (Å²) in [6.45, 7) is 6.74. The Hall–Kier alpha value is -1.62. The summed E-state index contributed by atoms with van der Waals surface area (Å²) in [6.07, 6.45) is 1.96. The first-order valence-corrected chi connectivity index (χ1v) is 5.62. The summed E-state index contributed by atoms with van der Waals surface area (Å²) in [7, 11) is 1.91. The van der Waals surface area contributed by atoms with Crippen molar-refractivity contribution in [3.05, 3.63) is 23.7 Å². The van der Waals surface area contributed by atoms with Crippen molar-refractivity contribution in [3.8, 4) is 11.3 Å². The van der Waals surface area contributed by atoms with Crippen molar-refractivity contribution in [2.45, 2.75) is 32.7 Å². The lowest BCUT2D eigenvalue weighted by atomic mass is 9.89. The largest absolute Gasteiger partial charge is 0.359 e. The van der Waals surface area contributed by atoms with E-state index in [1.807, 2.05) is 19.3 Å². The zero-order valence-electron chi connectivity index (χ0n) is 10.7. The molecule has 0 aliphatic heterocycles. The van der Waals surface area contributed by atoms with Gasteiger partial charge in [0.15, 0.2) is 5.76 Å². The smallest absolute Gasteiger partial charge is 0.150 e. The molecule has 17 heavy (non-hydrogen) atoms. The van der Waals surface area contributed by atoms with Crippen molar-refractivity contribution in [2.24, 2.45) is 12.8 Å². The SMILES string of the molecule is Cn1cc(-c2cc(CN)on2)c(C(C)(C)C)n1. The lowest BCUT2D eigenvalue weighted by Gasteiger charge is -2.16. The van der Waals surface area contributed by atoms with Crippen LogP contribution in [-0.2, 0) is 19.0 Å². The number of aryl methyl sites for hydroxylation is 1. The molecule has 0 atom stereocenters. The monoisotopic (exact) mass is 234 g/mol. The number of rotatable bonds is 2. The van der Waals surface area contributed by atoms with Crippen LogP contribution < -0.4 is 5.73 Å². The van der Waals surface area contributed by atoms with Gasteiger partial charge < -0.3 is 10.3 Å². The Morgan fingerprint density at radius 1 is 1.41 bits per heavy atom. The molecule has 0 radical (unpaired) electrons. The molecule has 0 aromatic carbocycles. The molecule has 0 aliphatic carbocycles. The molecular weight excluding hydrogens is 216 g/mol. The third-order valence-electron chi connectivity index (χ3n) is 2.58. The quantitative estimate of drug-likeness (QED) is 0.860. The van der Waals surface area contributed by atoms with Crippen LogP contribution in [0.1, 0.15) is 32.2 Å². The maximum Gasteiger partial charge on any atom is 0.150 e. The number of nitrogens with two attached hydrogens (primary N) is 1. The lowest BCUT2D eigenvalue weighted by molar-refractivity contribution is 0.387. The molecule has 0 spiro atoms. The van der Waals surface area contributed by atoms with E-state index in [2.05, 4.69) is 31.0 Å². The summed E-state index contributed by atoms with van der Waals surface area (Å²) in [5.41, 5.74) is 8.30. The van der Waals surface area contributed by atoms with E-state index in [4.69, 9.17) is 10.3 Å². The first-order valence-electron chi connectivity index (χ1n) is 5.62. The maximum atomic E-state index is 5.52. The minimum atomic E-state index is -0.0293. The van der Waals surface area contributed by atoms with Crippen LogP contribution in [0.4, 0.5) is 0 Å². The first-order chi connectivity index (χ1) is 7.91. The normalized spacial score (nSPS) is 12.1. The molecule has 0 unspecified atom stereocenters. The molecule has 2 rings (SSSR count). The highest BCUT2D eigenvalue weighted by Gasteiger charge is 2.24. The van der Waals surface area contributed by atoms with Crippen molar-refractivity contribution in [2.75, 3.05) is 0 Å². The van der Waals surface area contributed by atoms with Crippen LogP contribution in [0.25, 0.3) is 11.3 Å². The van der Waals surface area contributed by atoms with Gasteiger partial charge in [0.1, 0.15) is 5.69 Å². The molecule has 5 heteroatoms. The van der Waals surface area contributed by atoms with Gasteiger partial charge in [-0.3, -0.25) is 4.68 Å². The molecule has 92 valence electrons. The molecule has 0 amide bonds. The van der Waals surface area contributed by atoms with Crippen LogP contribution in [0.3, 0.4) is 0 Å². The van der Waals surface area contributed by atoms with E-state index in [0.717, 1.165) is 17.0 Å².